The maximum atomic E-state index is 13.2. The Kier molecular flexibility index (Phi) is 11.4. The lowest BCUT2D eigenvalue weighted by Crippen LogP contribution is -2.53. The van der Waals surface area contributed by atoms with Gasteiger partial charge >= 0.3 is 5.97 Å². The largest absolute Gasteiger partial charge is 0.464 e. The van der Waals surface area contributed by atoms with Crippen LogP contribution in [0.25, 0.3) is 0 Å². The number of esters is 1. The molecular formula is C24H32B2Cl2FN3O3. The lowest BCUT2D eigenvalue weighted by Gasteiger charge is -2.39. The lowest BCUT2D eigenvalue weighted by atomic mass is 9.62. The number of hydrogen-bond acceptors (Lipinski definition) is 5. The summed E-state index contributed by atoms with van der Waals surface area (Å²) in [6, 6.07) is 11.7. The molecule has 2 atom stereocenters. The number of halogens is 3. The van der Waals surface area contributed by atoms with E-state index in [4.69, 9.17) is 33.7 Å². The molecule has 0 radical (unpaired) electrons. The molecule has 2 rings (SSSR count). The monoisotopic (exact) mass is 521 g/mol. The Morgan fingerprint density at radius 2 is 1.66 bits per heavy atom. The number of anilines is 1. The zero-order valence-corrected chi connectivity index (χ0v) is 21.9. The van der Waals surface area contributed by atoms with Crippen molar-refractivity contribution in [2.75, 3.05) is 29.8 Å². The molecule has 2 unspecified atom stereocenters. The van der Waals surface area contributed by atoms with Gasteiger partial charge in [-0.05, 0) is 54.1 Å². The highest BCUT2D eigenvalue weighted by molar-refractivity contribution is 6.45. The van der Waals surface area contributed by atoms with E-state index in [0.717, 1.165) is 11.3 Å². The minimum absolute atomic E-state index is 0.166. The Labute approximate surface area is 218 Å². The molecule has 0 aliphatic carbocycles. The van der Waals surface area contributed by atoms with Gasteiger partial charge in [0.15, 0.2) is 0 Å². The van der Waals surface area contributed by atoms with Crippen molar-refractivity contribution in [2.45, 2.75) is 37.2 Å². The molecule has 0 aliphatic heterocycles. The fraction of sp³-hybridized carbons (Fsp3) is 0.417. The summed E-state index contributed by atoms with van der Waals surface area (Å²) >= 11 is 12.1. The average Bonchev–Trinajstić information content (AvgIpc) is 2.84. The molecule has 1 amide bonds. The Balaban J connectivity index is 2.07. The van der Waals surface area contributed by atoms with Gasteiger partial charge < -0.3 is 20.7 Å². The van der Waals surface area contributed by atoms with Crippen LogP contribution in [0.1, 0.15) is 18.1 Å². The van der Waals surface area contributed by atoms with Crippen LogP contribution in [-0.2, 0) is 27.2 Å². The molecule has 0 aliphatic rings. The van der Waals surface area contributed by atoms with Crippen molar-refractivity contribution in [1.82, 2.24) is 5.32 Å². The number of hydrogen-bond donors (Lipinski definition) is 2. The van der Waals surface area contributed by atoms with E-state index in [2.05, 4.69) is 10.2 Å². The van der Waals surface area contributed by atoms with Crippen LogP contribution in [0.2, 0.25) is 0 Å². The molecule has 0 spiro atoms. The third-order valence-electron chi connectivity index (χ3n) is 5.65. The Morgan fingerprint density at radius 3 is 2.20 bits per heavy atom. The second kappa shape index (κ2) is 13.8. The standard InChI is InChI=1S/C24H32B2Cl2FN3O3/c1-2-35-23(34)21(14-17-3-7-18(29)8-4-17)31-22(33)20(30)13-16-5-9-19(10-6-16)32(12-11-27)24(25,26)15-28/h3-10,20-21H,2,11-15,25-26,30H2,1H3,(H,31,33). The van der Waals surface area contributed by atoms with Crippen molar-refractivity contribution >= 4 is 56.5 Å². The number of amides is 1. The Hall–Kier alpha value is -2.22. The normalized spacial score (nSPS) is 13.1. The molecule has 11 heteroatoms. The summed E-state index contributed by atoms with van der Waals surface area (Å²) in [5, 5.41) is 2.41. The van der Waals surface area contributed by atoms with Gasteiger partial charge in [-0.1, -0.05) is 24.3 Å². The maximum absolute atomic E-state index is 13.2. The summed E-state index contributed by atoms with van der Waals surface area (Å²) in [6.45, 7) is 2.51. The summed E-state index contributed by atoms with van der Waals surface area (Å²) in [6.07, 6.45) is 0.450. The molecule has 0 aromatic heterocycles. The van der Waals surface area contributed by atoms with Gasteiger partial charge in [0.25, 0.3) is 0 Å². The molecular weight excluding hydrogens is 490 g/mol. The van der Waals surface area contributed by atoms with Gasteiger partial charge in [0.2, 0.25) is 5.91 Å². The molecule has 6 nitrogen and oxygen atoms in total. The summed E-state index contributed by atoms with van der Waals surface area (Å²) < 4.78 is 18.3. The molecule has 2 aromatic carbocycles. The predicted octanol–water partition coefficient (Wildman–Crippen LogP) is 1.19. The highest BCUT2D eigenvalue weighted by atomic mass is 35.5. The van der Waals surface area contributed by atoms with Crippen LogP contribution >= 0.6 is 23.2 Å². The van der Waals surface area contributed by atoms with Crippen LogP contribution in [0, 0.1) is 5.82 Å². The molecule has 188 valence electrons. The number of alkyl halides is 2. The number of benzene rings is 2. The minimum atomic E-state index is -0.928. The van der Waals surface area contributed by atoms with Crippen LogP contribution in [0.4, 0.5) is 10.1 Å². The van der Waals surface area contributed by atoms with Gasteiger partial charge in [0.1, 0.15) is 27.6 Å². The zero-order valence-electron chi connectivity index (χ0n) is 20.4. The number of carbonyl (C=O) groups excluding carboxylic acids is 2. The SMILES string of the molecule is BC(B)(CCl)N(CCCl)c1ccc(CC(N)C(=O)NC(Cc2ccc(F)cc2)C(=O)OCC)cc1. The summed E-state index contributed by atoms with van der Waals surface area (Å²) in [5.74, 6) is -0.511. The fourth-order valence-corrected chi connectivity index (χ4v) is 3.98. The highest BCUT2D eigenvalue weighted by Gasteiger charge is 2.27. The number of rotatable bonds is 13. The Bertz CT molecular complexity index is 965. The van der Waals surface area contributed by atoms with E-state index in [1.54, 1.807) is 19.1 Å². The third-order valence-corrected chi connectivity index (χ3v) is 6.47. The number of nitrogens with zero attached hydrogens (tertiary/aromatic N) is 1. The maximum Gasteiger partial charge on any atom is 0.328 e. The van der Waals surface area contributed by atoms with Gasteiger partial charge in [-0.2, -0.15) is 0 Å². The molecule has 0 fully saturated rings. The first-order valence-electron chi connectivity index (χ1n) is 11.6. The van der Waals surface area contributed by atoms with E-state index < -0.39 is 24.0 Å². The first-order valence-corrected chi connectivity index (χ1v) is 12.6. The second-order valence-corrected chi connectivity index (χ2v) is 9.55. The van der Waals surface area contributed by atoms with E-state index >= 15 is 0 Å². The Morgan fingerprint density at radius 1 is 1.09 bits per heavy atom. The van der Waals surface area contributed by atoms with Crippen LogP contribution in [0.5, 0.6) is 0 Å². The smallest absolute Gasteiger partial charge is 0.328 e. The van der Waals surface area contributed by atoms with Crippen molar-refractivity contribution in [2.24, 2.45) is 5.73 Å². The molecule has 0 heterocycles. The van der Waals surface area contributed by atoms with Gasteiger partial charge in [-0.15, -0.1) is 23.2 Å². The van der Waals surface area contributed by atoms with E-state index in [9.17, 15) is 14.0 Å². The first kappa shape index (κ1) is 29.0. The highest BCUT2D eigenvalue weighted by Crippen LogP contribution is 2.23. The van der Waals surface area contributed by atoms with Gasteiger partial charge in [-0.3, -0.25) is 4.79 Å². The molecule has 0 saturated heterocycles. The van der Waals surface area contributed by atoms with E-state index in [1.165, 1.54) is 12.1 Å². The van der Waals surface area contributed by atoms with Crippen molar-refractivity contribution in [3.8, 4) is 0 Å². The number of nitrogens with one attached hydrogen (secondary N) is 1. The third kappa shape index (κ3) is 8.74. The van der Waals surface area contributed by atoms with Crippen LogP contribution in [-0.4, -0.2) is 69.9 Å². The number of ether oxygens (including phenoxy) is 1. The van der Waals surface area contributed by atoms with Crippen molar-refractivity contribution in [3.63, 3.8) is 0 Å². The average molecular weight is 522 g/mol. The van der Waals surface area contributed by atoms with Crippen LogP contribution in [0.15, 0.2) is 48.5 Å². The molecule has 0 bridgehead atoms. The van der Waals surface area contributed by atoms with Gasteiger partial charge in [-0.25, -0.2) is 9.18 Å². The van der Waals surface area contributed by atoms with E-state index in [-0.39, 0.29) is 30.6 Å². The molecule has 2 aromatic rings. The quantitative estimate of drug-likeness (QED) is 0.235. The summed E-state index contributed by atoms with van der Waals surface area (Å²) in [7, 11) is 4.10. The number of carbonyl (C=O) groups is 2. The van der Waals surface area contributed by atoms with E-state index in [0.29, 0.717) is 23.9 Å². The zero-order chi connectivity index (χ0) is 26.0. The predicted molar refractivity (Wildman–Crippen MR) is 145 cm³/mol. The first-order chi connectivity index (χ1) is 16.6. The minimum Gasteiger partial charge on any atom is -0.464 e. The fourth-order valence-electron chi connectivity index (χ4n) is 3.67. The summed E-state index contributed by atoms with van der Waals surface area (Å²) in [5.41, 5.74) is 8.70. The van der Waals surface area contributed by atoms with Crippen molar-refractivity contribution in [3.05, 3.63) is 65.5 Å². The molecule has 3 N–H and O–H groups in total. The molecule has 35 heavy (non-hydrogen) atoms. The van der Waals surface area contributed by atoms with Crippen molar-refractivity contribution < 1.29 is 18.7 Å². The topological polar surface area (TPSA) is 84.7 Å². The van der Waals surface area contributed by atoms with E-state index in [1.807, 2.05) is 40.0 Å². The summed E-state index contributed by atoms with van der Waals surface area (Å²) in [4.78, 5) is 27.4. The second-order valence-electron chi connectivity index (χ2n) is 8.91. The van der Waals surface area contributed by atoms with Crippen LogP contribution < -0.4 is 16.0 Å². The lowest BCUT2D eigenvalue weighted by molar-refractivity contribution is -0.147. The van der Waals surface area contributed by atoms with Gasteiger partial charge in [0, 0.05) is 30.4 Å². The van der Waals surface area contributed by atoms with Crippen LogP contribution in [0.3, 0.4) is 0 Å². The van der Waals surface area contributed by atoms with Gasteiger partial charge in [0.05, 0.1) is 12.6 Å². The molecule has 0 saturated carbocycles. The van der Waals surface area contributed by atoms with Crippen molar-refractivity contribution in [1.29, 1.82) is 0 Å². The number of nitrogens with two attached hydrogens (primary N) is 1.